The van der Waals surface area contributed by atoms with Gasteiger partial charge in [-0.3, -0.25) is 4.79 Å². The van der Waals surface area contributed by atoms with Gasteiger partial charge in [-0.15, -0.1) is 0 Å². The van der Waals surface area contributed by atoms with Crippen LogP contribution in [0.1, 0.15) is 13.8 Å². The van der Waals surface area contributed by atoms with Crippen LogP contribution in [-0.2, 0) is 0 Å². The predicted octanol–water partition coefficient (Wildman–Crippen LogP) is 0.611. The van der Waals surface area contributed by atoms with Crippen LogP contribution in [0.15, 0.2) is 11.1 Å². The first-order valence-corrected chi connectivity index (χ1v) is 5.60. The number of halogens is 1. The van der Waals surface area contributed by atoms with Crippen LogP contribution in [0.4, 0.5) is 5.82 Å². The number of aromatic amines is 1. The Morgan fingerprint density at radius 2 is 2.31 bits per heavy atom. The molecule has 0 aromatic carbocycles. The van der Waals surface area contributed by atoms with Crippen molar-refractivity contribution in [1.29, 1.82) is 0 Å². The minimum atomic E-state index is -0.289. The average molecular weight is 243 g/mol. The fourth-order valence-electron chi connectivity index (χ4n) is 1.92. The normalized spacial score (nSPS) is 19.8. The summed E-state index contributed by atoms with van der Waals surface area (Å²) in [6.45, 7) is 6.67. The molecule has 0 aliphatic carbocycles. The lowest BCUT2D eigenvalue weighted by molar-refractivity contribution is 0.351. The minimum Gasteiger partial charge on any atom is -0.352 e. The highest BCUT2D eigenvalue weighted by Gasteiger charge is 2.27. The molecule has 1 aliphatic rings. The van der Waals surface area contributed by atoms with Gasteiger partial charge in [-0.1, -0.05) is 11.6 Å². The quantitative estimate of drug-likeness (QED) is 0.758. The molecule has 0 amide bonds. The Morgan fingerprint density at radius 3 is 3.00 bits per heavy atom. The topological polar surface area (TPSA) is 61.0 Å². The van der Waals surface area contributed by atoms with Crippen molar-refractivity contribution in [2.75, 3.05) is 24.5 Å². The summed E-state index contributed by atoms with van der Waals surface area (Å²) in [6, 6.07) is 0. The SMILES string of the molecule is CC1(C)CN(c2nc[nH]c(=O)c2Cl)CCN1. The monoisotopic (exact) mass is 242 g/mol. The van der Waals surface area contributed by atoms with E-state index in [1.54, 1.807) is 0 Å². The van der Waals surface area contributed by atoms with Gasteiger partial charge in [0.05, 0.1) is 6.33 Å². The molecule has 0 saturated carbocycles. The molecule has 88 valence electrons. The summed E-state index contributed by atoms with van der Waals surface area (Å²) in [6.07, 6.45) is 1.39. The van der Waals surface area contributed by atoms with E-state index in [2.05, 4.69) is 29.1 Å². The number of nitrogens with zero attached hydrogens (tertiary/aromatic N) is 2. The smallest absolute Gasteiger partial charge is 0.271 e. The number of hydrogen-bond acceptors (Lipinski definition) is 4. The van der Waals surface area contributed by atoms with Gasteiger partial charge in [-0.2, -0.15) is 0 Å². The highest BCUT2D eigenvalue weighted by atomic mass is 35.5. The zero-order valence-corrected chi connectivity index (χ0v) is 10.1. The highest BCUT2D eigenvalue weighted by Crippen LogP contribution is 2.22. The number of nitrogens with one attached hydrogen (secondary N) is 2. The van der Waals surface area contributed by atoms with Crippen molar-refractivity contribution in [2.24, 2.45) is 0 Å². The highest BCUT2D eigenvalue weighted by molar-refractivity contribution is 6.32. The van der Waals surface area contributed by atoms with Gasteiger partial charge in [-0.05, 0) is 13.8 Å². The van der Waals surface area contributed by atoms with Crippen LogP contribution in [0.5, 0.6) is 0 Å². The molecule has 5 nitrogen and oxygen atoms in total. The van der Waals surface area contributed by atoms with Gasteiger partial charge in [0.2, 0.25) is 0 Å². The van der Waals surface area contributed by atoms with E-state index in [9.17, 15) is 4.79 Å². The molecule has 1 aromatic heterocycles. The van der Waals surface area contributed by atoms with Crippen molar-refractivity contribution in [3.63, 3.8) is 0 Å². The second-order valence-electron chi connectivity index (χ2n) is 4.60. The van der Waals surface area contributed by atoms with E-state index in [0.717, 1.165) is 19.6 Å². The maximum absolute atomic E-state index is 11.4. The summed E-state index contributed by atoms with van der Waals surface area (Å²) in [7, 11) is 0. The molecule has 2 rings (SSSR count). The average Bonchev–Trinajstić information content (AvgIpc) is 2.20. The van der Waals surface area contributed by atoms with Crippen LogP contribution in [0.2, 0.25) is 5.02 Å². The zero-order valence-electron chi connectivity index (χ0n) is 9.38. The van der Waals surface area contributed by atoms with Crippen molar-refractivity contribution >= 4 is 17.4 Å². The third-order valence-electron chi connectivity index (χ3n) is 2.65. The zero-order chi connectivity index (χ0) is 11.8. The number of anilines is 1. The molecular formula is C10H15ClN4O. The van der Waals surface area contributed by atoms with E-state index in [1.165, 1.54) is 6.33 Å². The Balaban J connectivity index is 2.31. The Hall–Kier alpha value is -1.07. The molecule has 1 saturated heterocycles. The molecular weight excluding hydrogens is 228 g/mol. The largest absolute Gasteiger partial charge is 0.352 e. The van der Waals surface area contributed by atoms with E-state index in [1.807, 2.05) is 4.90 Å². The number of aromatic nitrogens is 2. The van der Waals surface area contributed by atoms with Crippen molar-refractivity contribution in [1.82, 2.24) is 15.3 Å². The summed E-state index contributed by atoms with van der Waals surface area (Å²) >= 11 is 5.95. The van der Waals surface area contributed by atoms with Gasteiger partial charge >= 0.3 is 0 Å². The molecule has 2 heterocycles. The van der Waals surface area contributed by atoms with E-state index in [0.29, 0.717) is 5.82 Å². The molecule has 0 radical (unpaired) electrons. The van der Waals surface area contributed by atoms with Crippen molar-refractivity contribution in [2.45, 2.75) is 19.4 Å². The second-order valence-corrected chi connectivity index (χ2v) is 4.98. The van der Waals surface area contributed by atoms with E-state index < -0.39 is 0 Å². The summed E-state index contributed by atoms with van der Waals surface area (Å²) in [5.74, 6) is 0.569. The first kappa shape index (κ1) is 11.4. The lowest BCUT2D eigenvalue weighted by Gasteiger charge is -2.39. The standard InChI is InChI=1S/C10H15ClN4O/c1-10(2)5-15(4-3-14-10)8-7(11)9(16)13-6-12-8/h6,14H,3-5H2,1-2H3,(H,12,13,16). The van der Waals surface area contributed by atoms with Gasteiger partial charge in [0.15, 0.2) is 5.82 Å². The van der Waals surface area contributed by atoms with Crippen LogP contribution >= 0.6 is 11.6 Å². The third-order valence-corrected chi connectivity index (χ3v) is 2.99. The summed E-state index contributed by atoms with van der Waals surface area (Å²) in [5.41, 5.74) is -0.283. The van der Waals surface area contributed by atoms with Gasteiger partial charge in [0.1, 0.15) is 5.02 Å². The summed E-state index contributed by atoms with van der Waals surface area (Å²) < 4.78 is 0. The first-order chi connectivity index (χ1) is 7.49. The molecule has 0 bridgehead atoms. The number of H-pyrrole nitrogens is 1. The Labute approximate surface area is 98.8 Å². The van der Waals surface area contributed by atoms with Gasteiger partial charge in [0.25, 0.3) is 5.56 Å². The van der Waals surface area contributed by atoms with Gasteiger partial charge < -0.3 is 15.2 Å². The molecule has 1 aliphatic heterocycles. The molecule has 2 N–H and O–H groups in total. The first-order valence-electron chi connectivity index (χ1n) is 5.23. The molecule has 0 unspecified atom stereocenters. The number of piperazine rings is 1. The lowest BCUT2D eigenvalue weighted by Crippen LogP contribution is -2.57. The maximum atomic E-state index is 11.4. The van der Waals surface area contributed by atoms with Gasteiger partial charge in [0, 0.05) is 25.2 Å². The molecule has 0 atom stereocenters. The van der Waals surface area contributed by atoms with E-state index in [4.69, 9.17) is 11.6 Å². The summed E-state index contributed by atoms with van der Waals surface area (Å²) in [4.78, 5) is 20.0. The molecule has 0 spiro atoms. The van der Waals surface area contributed by atoms with E-state index >= 15 is 0 Å². The third kappa shape index (κ3) is 2.20. The Morgan fingerprint density at radius 1 is 1.56 bits per heavy atom. The number of rotatable bonds is 1. The fraction of sp³-hybridized carbons (Fsp3) is 0.600. The van der Waals surface area contributed by atoms with Crippen LogP contribution in [-0.4, -0.2) is 35.1 Å². The maximum Gasteiger partial charge on any atom is 0.271 e. The fourth-order valence-corrected chi connectivity index (χ4v) is 2.14. The lowest BCUT2D eigenvalue weighted by atomic mass is 10.0. The Bertz CT molecular complexity index is 443. The summed E-state index contributed by atoms with van der Waals surface area (Å²) in [5, 5.41) is 3.56. The van der Waals surface area contributed by atoms with Crippen LogP contribution in [0.25, 0.3) is 0 Å². The van der Waals surface area contributed by atoms with Crippen LogP contribution < -0.4 is 15.8 Å². The minimum absolute atomic E-state index is 0.00582. The molecule has 1 fully saturated rings. The van der Waals surface area contributed by atoms with Gasteiger partial charge in [-0.25, -0.2) is 4.98 Å². The Kier molecular flexibility index (Phi) is 2.90. The molecule has 1 aromatic rings. The van der Waals surface area contributed by atoms with Crippen molar-refractivity contribution in [3.05, 3.63) is 21.7 Å². The molecule has 6 heteroatoms. The van der Waals surface area contributed by atoms with E-state index in [-0.39, 0.29) is 16.1 Å². The van der Waals surface area contributed by atoms with Crippen LogP contribution in [0.3, 0.4) is 0 Å². The predicted molar refractivity (Wildman–Crippen MR) is 64.2 cm³/mol. The number of hydrogen-bond donors (Lipinski definition) is 2. The van der Waals surface area contributed by atoms with Crippen LogP contribution in [0, 0.1) is 0 Å². The van der Waals surface area contributed by atoms with Crippen molar-refractivity contribution in [3.8, 4) is 0 Å². The second kappa shape index (κ2) is 4.07. The molecule has 16 heavy (non-hydrogen) atoms. The van der Waals surface area contributed by atoms with Crippen molar-refractivity contribution < 1.29 is 0 Å².